The summed E-state index contributed by atoms with van der Waals surface area (Å²) in [7, 11) is 0. The predicted octanol–water partition coefficient (Wildman–Crippen LogP) is 2.42. The van der Waals surface area contributed by atoms with Gasteiger partial charge in [-0.2, -0.15) is 0 Å². The van der Waals surface area contributed by atoms with Gasteiger partial charge in [0.05, 0.1) is 12.6 Å². The van der Waals surface area contributed by atoms with E-state index in [0.29, 0.717) is 11.5 Å². The lowest BCUT2D eigenvalue weighted by molar-refractivity contribution is 0.0908. The molecule has 0 spiro atoms. The zero-order valence-corrected chi connectivity index (χ0v) is 13.7. The Bertz CT molecular complexity index is 482. The van der Waals surface area contributed by atoms with Crippen LogP contribution in [0.5, 0.6) is 0 Å². The summed E-state index contributed by atoms with van der Waals surface area (Å²) in [4.78, 5) is 14.8. The van der Waals surface area contributed by atoms with Gasteiger partial charge in [0.25, 0.3) is 5.91 Å². The Labute approximate surface area is 133 Å². The van der Waals surface area contributed by atoms with E-state index in [-0.39, 0.29) is 18.6 Å². The second kappa shape index (κ2) is 8.30. The number of nitrogens with one attached hydrogen (secondary N) is 1. The maximum absolute atomic E-state index is 12.3. The van der Waals surface area contributed by atoms with Crippen molar-refractivity contribution in [2.45, 2.75) is 45.7 Å². The third-order valence-electron chi connectivity index (χ3n) is 4.11. The van der Waals surface area contributed by atoms with Crippen LogP contribution < -0.4 is 5.32 Å². The van der Waals surface area contributed by atoms with Crippen molar-refractivity contribution in [1.29, 1.82) is 0 Å². The highest BCUT2D eigenvalue weighted by atomic mass is 16.3. The highest BCUT2D eigenvalue weighted by molar-refractivity contribution is 5.94. The number of benzene rings is 1. The normalized spacial score (nSPS) is 16.9. The number of likely N-dealkylation sites (tertiary alicyclic amines) is 1. The van der Waals surface area contributed by atoms with Gasteiger partial charge in [0.1, 0.15) is 0 Å². The summed E-state index contributed by atoms with van der Waals surface area (Å²) in [6.07, 6.45) is 3.33. The van der Waals surface area contributed by atoms with E-state index in [1.165, 1.54) is 18.4 Å². The van der Waals surface area contributed by atoms with Crippen LogP contribution in [0.15, 0.2) is 24.3 Å². The predicted molar refractivity (Wildman–Crippen MR) is 88.7 cm³/mol. The largest absolute Gasteiger partial charge is 0.394 e. The zero-order chi connectivity index (χ0) is 15.9. The van der Waals surface area contributed by atoms with Crippen molar-refractivity contribution >= 4 is 5.91 Å². The van der Waals surface area contributed by atoms with Crippen LogP contribution in [-0.4, -0.2) is 41.7 Å². The topological polar surface area (TPSA) is 52.6 Å². The van der Waals surface area contributed by atoms with Crippen LogP contribution in [0.1, 0.15) is 49.0 Å². The molecule has 4 nitrogen and oxygen atoms in total. The van der Waals surface area contributed by atoms with E-state index in [9.17, 15) is 9.90 Å². The van der Waals surface area contributed by atoms with Crippen LogP contribution in [0.3, 0.4) is 0 Å². The van der Waals surface area contributed by atoms with Gasteiger partial charge in [0.15, 0.2) is 0 Å². The van der Waals surface area contributed by atoms with Crippen LogP contribution in [0.2, 0.25) is 0 Å². The minimum absolute atomic E-state index is 0.0165. The number of carbonyl (C=O) groups excluding carboxylic acids is 1. The summed E-state index contributed by atoms with van der Waals surface area (Å²) in [5.41, 5.74) is 1.86. The molecule has 0 aromatic heterocycles. The molecule has 1 aromatic carbocycles. The lowest BCUT2D eigenvalue weighted by atomic mass is 10.0. The van der Waals surface area contributed by atoms with E-state index in [2.05, 4.69) is 30.1 Å². The summed E-state index contributed by atoms with van der Waals surface area (Å²) >= 11 is 0. The van der Waals surface area contributed by atoms with Crippen molar-refractivity contribution < 1.29 is 9.90 Å². The number of hydrogen-bond acceptors (Lipinski definition) is 3. The quantitative estimate of drug-likeness (QED) is 0.813. The van der Waals surface area contributed by atoms with Crippen LogP contribution >= 0.6 is 0 Å². The van der Waals surface area contributed by atoms with Crippen LogP contribution in [0.25, 0.3) is 0 Å². The number of carbonyl (C=O) groups is 1. The number of amides is 1. The van der Waals surface area contributed by atoms with Crippen LogP contribution in [0, 0.1) is 5.92 Å². The maximum Gasteiger partial charge on any atom is 0.251 e. The van der Waals surface area contributed by atoms with E-state index >= 15 is 0 Å². The number of rotatable bonds is 7. The van der Waals surface area contributed by atoms with Gasteiger partial charge >= 0.3 is 0 Å². The zero-order valence-electron chi connectivity index (χ0n) is 13.7. The molecule has 0 radical (unpaired) electrons. The Morgan fingerprint density at radius 1 is 1.32 bits per heavy atom. The van der Waals surface area contributed by atoms with Crippen molar-refractivity contribution in [1.82, 2.24) is 10.2 Å². The van der Waals surface area contributed by atoms with E-state index in [4.69, 9.17) is 0 Å². The van der Waals surface area contributed by atoms with Gasteiger partial charge in [-0.25, -0.2) is 0 Å². The first kappa shape index (κ1) is 17.0. The lowest BCUT2D eigenvalue weighted by Crippen LogP contribution is -2.38. The third kappa shape index (κ3) is 5.11. The second-order valence-corrected chi connectivity index (χ2v) is 6.67. The average molecular weight is 304 g/mol. The molecule has 0 bridgehead atoms. The molecule has 22 heavy (non-hydrogen) atoms. The number of aliphatic hydroxyl groups is 1. The first-order valence-corrected chi connectivity index (χ1v) is 8.31. The highest BCUT2D eigenvalue weighted by Gasteiger charge is 2.16. The van der Waals surface area contributed by atoms with Crippen LogP contribution in [-0.2, 0) is 6.54 Å². The lowest BCUT2D eigenvalue weighted by Gasteiger charge is -2.19. The first-order chi connectivity index (χ1) is 10.6. The maximum atomic E-state index is 12.3. The minimum atomic E-state index is -0.172. The summed E-state index contributed by atoms with van der Waals surface area (Å²) in [6.45, 7) is 7.37. The number of aliphatic hydroxyl groups excluding tert-OH is 1. The van der Waals surface area contributed by atoms with E-state index < -0.39 is 0 Å². The van der Waals surface area contributed by atoms with E-state index in [1.54, 1.807) is 0 Å². The van der Waals surface area contributed by atoms with Crippen LogP contribution in [0.4, 0.5) is 0 Å². The molecule has 1 unspecified atom stereocenters. The molecule has 0 saturated carbocycles. The average Bonchev–Trinajstić information content (AvgIpc) is 2.99. The van der Waals surface area contributed by atoms with E-state index in [0.717, 1.165) is 26.1 Å². The molecule has 1 aromatic rings. The number of nitrogens with zero attached hydrogens (tertiary/aromatic N) is 1. The molecule has 1 saturated heterocycles. The fourth-order valence-electron chi connectivity index (χ4n) is 3.03. The molecular formula is C18H28N2O2. The van der Waals surface area contributed by atoms with Crippen molar-refractivity contribution in [3.05, 3.63) is 35.4 Å². The first-order valence-electron chi connectivity index (χ1n) is 8.31. The second-order valence-electron chi connectivity index (χ2n) is 6.67. The van der Waals surface area contributed by atoms with Gasteiger partial charge in [-0.3, -0.25) is 9.69 Å². The van der Waals surface area contributed by atoms with Gasteiger partial charge in [-0.1, -0.05) is 26.0 Å². The monoisotopic (exact) mass is 304 g/mol. The molecule has 4 heteroatoms. The molecule has 2 N–H and O–H groups in total. The van der Waals surface area contributed by atoms with Gasteiger partial charge in [-0.05, 0) is 56.0 Å². The Hall–Kier alpha value is -1.39. The standard InChI is InChI=1S/C18H28N2O2/c1-14(2)10-17(13-21)19-18(22)16-7-5-6-15(11-16)12-20-8-3-4-9-20/h5-7,11,14,17,21H,3-4,8-10,12-13H2,1-2H3,(H,19,22). The molecule has 1 atom stereocenters. The molecule has 0 aliphatic carbocycles. The smallest absolute Gasteiger partial charge is 0.251 e. The SMILES string of the molecule is CC(C)CC(CO)NC(=O)c1cccc(CN2CCCC2)c1. The molecular weight excluding hydrogens is 276 g/mol. The molecule has 1 heterocycles. The summed E-state index contributed by atoms with van der Waals surface area (Å²) < 4.78 is 0. The minimum Gasteiger partial charge on any atom is -0.394 e. The number of hydrogen-bond donors (Lipinski definition) is 2. The fraction of sp³-hybridized carbons (Fsp3) is 0.611. The molecule has 1 amide bonds. The summed E-state index contributed by atoms with van der Waals surface area (Å²) in [5.74, 6) is 0.349. The van der Waals surface area contributed by atoms with Gasteiger partial charge in [0.2, 0.25) is 0 Å². The molecule has 2 rings (SSSR count). The summed E-state index contributed by atoms with van der Waals surface area (Å²) in [5, 5.41) is 12.3. The van der Waals surface area contributed by atoms with Gasteiger partial charge in [0, 0.05) is 12.1 Å². The fourth-order valence-corrected chi connectivity index (χ4v) is 3.03. The third-order valence-corrected chi connectivity index (χ3v) is 4.11. The Morgan fingerprint density at radius 2 is 2.05 bits per heavy atom. The van der Waals surface area contributed by atoms with Crippen molar-refractivity contribution in [3.63, 3.8) is 0 Å². The molecule has 1 aliphatic heterocycles. The van der Waals surface area contributed by atoms with Crippen molar-refractivity contribution in [3.8, 4) is 0 Å². The van der Waals surface area contributed by atoms with Crippen molar-refractivity contribution in [2.75, 3.05) is 19.7 Å². The van der Waals surface area contributed by atoms with E-state index in [1.807, 2.05) is 18.2 Å². The molecule has 1 fully saturated rings. The molecule has 1 aliphatic rings. The Balaban J connectivity index is 1.96. The van der Waals surface area contributed by atoms with Gasteiger partial charge < -0.3 is 10.4 Å². The Morgan fingerprint density at radius 3 is 2.68 bits per heavy atom. The Kier molecular flexibility index (Phi) is 6.40. The highest BCUT2D eigenvalue weighted by Crippen LogP contribution is 2.14. The van der Waals surface area contributed by atoms with Crippen molar-refractivity contribution in [2.24, 2.45) is 5.92 Å². The van der Waals surface area contributed by atoms with Gasteiger partial charge in [-0.15, -0.1) is 0 Å². The molecule has 122 valence electrons. The summed E-state index contributed by atoms with van der Waals surface area (Å²) in [6, 6.07) is 7.66.